The first kappa shape index (κ1) is 27.0. The number of furan rings is 1. The number of carbonyl (C=O) groups is 3. The van der Waals surface area contributed by atoms with Crippen molar-refractivity contribution in [2.45, 2.75) is 68.5 Å². The number of carbonyl (C=O) groups excluding carboxylic acids is 3. The van der Waals surface area contributed by atoms with E-state index in [2.05, 4.69) is 21.2 Å². The van der Waals surface area contributed by atoms with E-state index in [9.17, 15) is 22.8 Å². The summed E-state index contributed by atoms with van der Waals surface area (Å²) in [6.45, 7) is -0.156. The van der Waals surface area contributed by atoms with Gasteiger partial charge in [-0.1, -0.05) is 38.2 Å². The minimum Gasteiger partial charge on any atom is -0.472 e. The second kappa shape index (κ2) is 12.4. The van der Waals surface area contributed by atoms with Crippen molar-refractivity contribution in [3.05, 3.63) is 48.6 Å². The Morgan fingerprint density at radius 3 is 2.62 bits per heavy atom. The van der Waals surface area contributed by atoms with Crippen LogP contribution in [0.2, 0.25) is 0 Å². The molecular formula is C25H33N5O6S. The summed E-state index contributed by atoms with van der Waals surface area (Å²) < 4.78 is 31.9. The minimum absolute atomic E-state index is 0.110. The Hall–Kier alpha value is -3.09. The van der Waals surface area contributed by atoms with E-state index in [1.54, 1.807) is 12.1 Å². The molecule has 1 unspecified atom stereocenters. The summed E-state index contributed by atoms with van der Waals surface area (Å²) in [5, 5.41) is 2.68. The Labute approximate surface area is 216 Å². The molecule has 200 valence electrons. The van der Waals surface area contributed by atoms with Gasteiger partial charge in [0.15, 0.2) is 10.8 Å². The van der Waals surface area contributed by atoms with E-state index in [0.29, 0.717) is 30.7 Å². The molecule has 0 radical (unpaired) electrons. The number of rotatable bonds is 9. The monoisotopic (exact) mass is 531 g/mol. The lowest BCUT2D eigenvalue weighted by Gasteiger charge is -2.27. The fourth-order valence-corrected chi connectivity index (χ4v) is 6.23. The number of amides is 2. The fraction of sp³-hybridized carbons (Fsp3) is 0.520. The molecule has 11 nitrogen and oxygen atoms in total. The van der Waals surface area contributed by atoms with Gasteiger partial charge in [-0.25, -0.2) is 18.8 Å². The van der Waals surface area contributed by atoms with Crippen LogP contribution in [0.5, 0.6) is 0 Å². The second-order valence-corrected chi connectivity index (χ2v) is 11.5. The van der Waals surface area contributed by atoms with Gasteiger partial charge in [0.2, 0.25) is 0 Å². The first-order valence-corrected chi connectivity index (χ1v) is 14.1. The van der Waals surface area contributed by atoms with E-state index in [-0.39, 0.29) is 23.9 Å². The van der Waals surface area contributed by atoms with Crippen molar-refractivity contribution in [2.75, 3.05) is 13.1 Å². The molecule has 2 aromatic heterocycles. The summed E-state index contributed by atoms with van der Waals surface area (Å²) in [4.78, 5) is 42.6. The number of nitrogens with one attached hydrogen (secondary N) is 3. The number of aromatic nitrogens is 1. The zero-order valence-corrected chi connectivity index (χ0v) is 21.4. The third-order valence-corrected chi connectivity index (χ3v) is 8.69. The van der Waals surface area contributed by atoms with Crippen LogP contribution >= 0.6 is 0 Å². The van der Waals surface area contributed by atoms with Crippen molar-refractivity contribution in [1.29, 1.82) is 0 Å². The summed E-state index contributed by atoms with van der Waals surface area (Å²) >= 11 is 0. The molecule has 2 fully saturated rings. The van der Waals surface area contributed by atoms with Gasteiger partial charge in [-0.05, 0) is 43.4 Å². The highest BCUT2D eigenvalue weighted by Gasteiger charge is 2.34. The predicted molar refractivity (Wildman–Crippen MR) is 133 cm³/mol. The van der Waals surface area contributed by atoms with Gasteiger partial charge < -0.3 is 9.73 Å². The molecule has 2 atom stereocenters. The standard InChI is InChI=1S/C25H33N5O6S/c31-22-16-30(37(34,35)23-10-4-5-12-26-23)13-6-9-20(22)28-29-25(33)21(15-18-7-2-1-3-8-18)27-24(32)19-11-14-36-17-19/h4-5,10-12,14,17-18,20-21,28H,1-3,6-9,13,15-16H2,(H,27,32)(H,29,33)/t20?,21-/m0/s1. The zero-order valence-electron chi connectivity index (χ0n) is 20.6. The van der Waals surface area contributed by atoms with Gasteiger partial charge in [-0.2, -0.15) is 4.31 Å². The molecular weight excluding hydrogens is 498 g/mol. The molecule has 0 aromatic carbocycles. The van der Waals surface area contributed by atoms with Gasteiger partial charge in [-0.3, -0.25) is 19.8 Å². The summed E-state index contributed by atoms with van der Waals surface area (Å²) in [7, 11) is -3.91. The maximum Gasteiger partial charge on any atom is 0.260 e. The van der Waals surface area contributed by atoms with E-state index in [1.807, 2.05) is 0 Å². The lowest BCUT2D eigenvalue weighted by Crippen LogP contribution is -2.55. The Balaban J connectivity index is 1.37. The summed E-state index contributed by atoms with van der Waals surface area (Å²) in [6, 6.07) is 4.57. The van der Waals surface area contributed by atoms with Gasteiger partial charge in [-0.15, -0.1) is 0 Å². The Kier molecular flexibility index (Phi) is 9.06. The molecule has 4 rings (SSSR count). The molecule has 1 aliphatic carbocycles. The average molecular weight is 532 g/mol. The molecule has 1 saturated heterocycles. The van der Waals surface area contributed by atoms with Crippen LogP contribution in [0.1, 0.15) is 61.7 Å². The van der Waals surface area contributed by atoms with E-state index in [1.165, 1.54) is 37.3 Å². The number of Topliss-reactive ketones (excluding diaryl/α,β-unsaturated/α-hetero) is 1. The Morgan fingerprint density at radius 2 is 1.92 bits per heavy atom. The number of ketones is 1. The van der Waals surface area contributed by atoms with E-state index in [0.717, 1.165) is 30.0 Å². The van der Waals surface area contributed by atoms with Crippen LogP contribution in [0.15, 0.2) is 52.4 Å². The van der Waals surface area contributed by atoms with E-state index < -0.39 is 33.9 Å². The van der Waals surface area contributed by atoms with E-state index in [4.69, 9.17) is 4.42 Å². The first-order valence-electron chi connectivity index (χ1n) is 12.7. The summed E-state index contributed by atoms with van der Waals surface area (Å²) in [6.07, 6.45) is 10.7. The molecule has 12 heteroatoms. The van der Waals surface area contributed by atoms with Gasteiger partial charge in [0.25, 0.3) is 21.8 Å². The van der Waals surface area contributed by atoms with Gasteiger partial charge in [0.05, 0.1) is 24.4 Å². The highest BCUT2D eigenvalue weighted by molar-refractivity contribution is 7.89. The smallest absolute Gasteiger partial charge is 0.260 e. The minimum atomic E-state index is -3.91. The van der Waals surface area contributed by atoms with Gasteiger partial charge >= 0.3 is 0 Å². The quantitative estimate of drug-likeness (QED) is 0.415. The van der Waals surface area contributed by atoms with Crippen LogP contribution in [-0.2, 0) is 19.6 Å². The number of hydrazine groups is 1. The van der Waals surface area contributed by atoms with Crippen molar-refractivity contribution < 1.29 is 27.2 Å². The summed E-state index contributed by atoms with van der Waals surface area (Å²) in [5.74, 6) is -0.898. The average Bonchev–Trinajstić information content (AvgIpc) is 3.38. The number of pyridine rings is 1. The molecule has 2 aromatic rings. The van der Waals surface area contributed by atoms with Crippen LogP contribution in [0.25, 0.3) is 0 Å². The Bertz CT molecular complexity index is 1170. The van der Waals surface area contributed by atoms with Crippen molar-refractivity contribution >= 4 is 27.6 Å². The molecule has 2 amide bonds. The van der Waals surface area contributed by atoms with Gasteiger partial charge in [0.1, 0.15) is 12.3 Å². The molecule has 37 heavy (non-hydrogen) atoms. The number of hydrogen-bond acceptors (Lipinski definition) is 8. The largest absolute Gasteiger partial charge is 0.472 e. The molecule has 0 spiro atoms. The fourth-order valence-electron chi connectivity index (χ4n) is 4.85. The maximum atomic E-state index is 13.1. The lowest BCUT2D eigenvalue weighted by atomic mass is 9.84. The van der Waals surface area contributed by atoms with Crippen molar-refractivity contribution in [1.82, 2.24) is 25.5 Å². The van der Waals surface area contributed by atoms with Crippen LogP contribution < -0.4 is 16.2 Å². The maximum absolute atomic E-state index is 13.1. The highest BCUT2D eigenvalue weighted by Crippen LogP contribution is 2.27. The number of hydrogen-bond donors (Lipinski definition) is 3. The molecule has 3 N–H and O–H groups in total. The SMILES string of the molecule is O=C(N[C@@H](CC1CCCCC1)C(=O)NNC1CCCN(S(=O)(=O)c2ccccn2)CC1=O)c1ccoc1. The topological polar surface area (TPSA) is 151 Å². The molecule has 1 aliphatic heterocycles. The van der Waals surface area contributed by atoms with Crippen LogP contribution in [0, 0.1) is 5.92 Å². The third-order valence-electron chi connectivity index (χ3n) is 6.93. The normalized spacial score (nSPS) is 20.6. The molecule has 2 aliphatic rings. The summed E-state index contributed by atoms with van der Waals surface area (Å²) in [5.41, 5.74) is 5.72. The molecule has 3 heterocycles. The number of nitrogens with zero attached hydrogens (tertiary/aromatic N) is 2. The zero-order chi connectivity index (χ0) is 26.3. The lowest BCUT2D eigenvalue weighted by molar-refractivity contribution is -0.126. The molecule has 1 saturated carbocycles. The number of sulfonamides is 1. The Morgan fingerprint density at radius 1 is 1.11 bits per heavy atom. The predicted octanol–water partition coefficient (Wildman–Crippen LogP) is 1.79. The van der Waals surface area contributed by atoms with Crippen LogP contribution in [0.3, 0.4) is 0 Å². The second-order valence-electron chi connectivity index (χ2n) is 9.58. The first-order chi connectivity index (χ1) is 17.8. The van der Waals surface area contributed by atoms with Gasteiger partial charge in [0, 0.05) is 12.7 Å². The molecule has 0 bridgehead atoms. The third kappa shape index (κ3) is 7.02. The van der Waals surface area contributed by atoms with Crippen molar-refractivity contribution in [3.8, 4) is 0 Å². The van der Waals surface area contributed by atoms with Crippen LogP contribution in [-0.4, -0.2) is 60.5 Å². The van der Waals surface area contributed by atoms with Crippen LogP contribution in [0.4, 0.5) is 0 Å². The van der Waals surface area contributed by atoms with Crippen molar-refractivity contribution in [2.24, 2.45) is 5.92 Å². The highest BCUT2D eigenvalue weighted by atomic mass is 32.2. The van der Waals surface area contributed by atoms with E-state index >= 15 is 0 Å². The van der Waals surface area contributed by atoms with Crippen molar-refractivity contribution in [3.63, 3.8) is 0 Å².